The predicted molar refractivity (Wildman–Crippen MR) is 39.0 cm³/mol. The molecule has 0 amide bonds. The van der Waals surface area contributed by atoms with Gasteiger partial charge in [0, 0.05) is 11.6 Å². The van der Waals surface area contributed by atoms with Crippen molar-refractivity contribution in [1.29, 1.82) is 0 Å². The van der Waals surface area contributed by atoms with Crippen LogP contribution in [-0.4, -0.2) is 4.98 Å². The molecule has 0 bridgehead atoms. The fourth-order valence-corrected chi connectivity index (χ4v) is 0.936. The lowest BCUT2D eigenvalue weighted by Gasteiger charge is -2.07. The highest BCUT2D eigenvalue weighted by atomic mass is 35.5. The van der Waals surface area contributed by atoms with Gasteiger partial charge in [-0.1, -0.05) is 11.6 Å². The van der Waals surface area contributed by atoms with Gasteiger partial charge in [0.05, 0.1) is 0 Å². The molecule has 0 saturated heterocycles. The molecule has 0 radical (unpaired) electrons. The molecule has 0 aromatic carbocycles. The molecule has 6 heteroatoms. The lowest BCUT2D eigenvalue weighted by Crippen LogP contribution is -2.04. The number of nitrogens with zero attached hydrogens (tertiary/aromatic N) is 1. The maximum Gasteiger partial charge on any atom is 0.348 e. The second-order valence-electron chi connectivity index (χ2n) is 2.00. The Morgan fingerprint density at radius 3 is 2.33 bits per heavy atom. The average Bonchev–Trinajstić information content (AvgIpc) is 1.82. The summed E-state index contributed by atoms with van der Waals surface area (Å²) in [5, 5.41) is -3.97. The number of halogens is 5. The maximum atomic E-state index is 12.4. The van der Waals surface area contributed by atoms with Crippen LogP contribution in [0.4, 0.5) is 13.2 Å². The highest BCUT2D eigenvalue weighted by molar-refractivity contribution is 6.29. The van der Waals surface area contributed by atoms with Crippen LogP contribution in [0.15, 0.2) is 12.1 Å². The summed E-state index contributed by atoms with van der Waals surface area (Å²) in [6.07, 6.45) is 0. The van der Waals surface area contributed by atoms with Crippen LogP contribution >= 0.6 is 23.2 Å². The summed E-state index contributed by atoms with van der Waals surface area (Å²) in [6, 6.07) is 1.33. The largest absolute Gasteiger partial charge is 0.348 e. The molecular formula is C6H2Cl2F3N. The Morgan fingerprint density at radius 1 is 1.33 bits per heavy atom. The first-order chi connectivity index (χ1) is 5.39. The molecule has 0 aliphatic heterocycles. The molecule has 66 valence electrons. The standard InChI is InChI=1S/C6H2Cl2F3N/c7-4-1-3(6(8,10)11)2-5(9)12-4/h1-2H. The van der Waals surface area contributed by atoms with E-state index in [1.165, 1.54) is 0 Å². The van der Waals surface area contributed by atoms with E-state index in [-0.39, 0.29) is 5.15 Å². The summed E-state index contributed by atoms with van der Waals surface area (Å²) in [4.78, 5) is 3.05. The molecule has 1 nitrogen and oxygen atoms in total. The second kappa shape index (κ2) is 3.11. The Kier molecular flexibility index (Phi) is 2.49. The van der Waals surface area contributed by atoms with Crippen molar-refractivity contribution >= 4 is 23.2 Å². The monoisotopic (exact) mass is 215 g/mol. The van der Waals surface area contributed by atoms with Crippen LogP contribution < -0.4 is 0 Å². The molecule has 0 unspecified atom stereocenters. The number of aromatic nitrogens is 1. The van der Waals surface area contributed by atoms with Crippen LogP contribution in [0.5, 0.6) is 0 Å². The number of hydrogen-bond acceptors (Lipinski definition) is 1. The minimum atomic E-state index is -3.62. The SMILES string of the molecule is Fc1cc(C(F)(F)Cl)cc(Cl)n1. The quantitative estimate of drug-likeness (QED) is 0.518. The average molecular weight is 216 g/mol. The Bertz CT molecular complexity index is 277. The zero-order valence-electron chi connectivity index (χ0n) is 5.49. The minimum Gasteiger partial charge on any atom is -0.208 e. The summed E-state index contributed by atoms with van der Waals surface area (Å²) in [6.45, 7) is 0. The molecule has 1 aromatic rings. The van der Waals surface area contributed by atoms with Gasteiger partial charge in [-0.25, -0.2) is 4.98 Å². The van der Waals surface area contributed by atoms with Gasteiger partial charge in [0.15, 0.2) is 0 Å². The van der Waals surface area contributed by atoms with E-state index in [0.29, 0.717) is 6.07 Å². The van der Waals surface area contributed by atoms with Gasteiger partial charge in [-0.3, -0.25) is 0 Å². The third kappa shape index (κ3) is 2.25. The molecule has 1 aromatic heterocycles. The van der Waals surface area contributed by atoms with Gasteiger partial charge in [-0.15, -0.1) is 0 Å². The van der Waals surface area contributed by atoms with Gasteiger partial charge in [0.25, 0.3) is 0 Å². The molecule has 1 heterocycles. The van der Waals surface area contributed by atoms with E-state index in [0.717, 1.165) is 6.07 Å². The lowest BCUT2D eigenvalue weighted by atomic mass is 10.3. The summed E-state index contributed by atoms with van der Waals surface area (Å²) in [5.41, 5.74) is -0.707. The van der Waals surface area contributed by atoms with Crippen LogP contribution in [0.2, 0.25) is 5.15 Å². The Labute approximate surface area is 76.1 Å². The fraction of sp³-hybridized carbons (Fsp3) is 0.167. The zero-order chi connectivity index (χ0) is 9.35. The molecule has 0 aliphatic rings. The molecule has 0 aliphatic carbocycles. The van der Waals surface area contributed by atoms with Crippen molar-refractivity contribution in [2.45, 2.75) is 5.38 Å². The Morgan fingerprint density at radius 2 is 1.92 bits per heavy atom. The summed E-state index contributed by atoms with van der Waals surface area (Å²) < 4.78 is 37.0. The molecule has 0 fully saturated rings. The minimum absolute atomic E-state index is 0.356. The molecule has 0 N–H and O–H groups in total. The van der Waals surface area contributed by atoms with Crippen LogP contribution in [-0.2, 0) is 5.38 Å². The number of rotatable bonds is 1. The zero-order valence-corrected chi connectivity index (χ0v) is 7.00. The first kappa shape index (κ1) is 9.61. The highest BCUT2D eigenvalue weighted by Crippen LogP contribution is 2.33. The molecule has 12 heavy (non-hydrogen) atoms. The van der Waals surface area contributed by atoms with Crippen molar-refractivity contribution in [3.63, 3.8) is 0 Å². The van der Waals surface area contributed by atoms with E-state index < -0.39 is 16.9 Å². The van der Waals surface area contributed by atoms with Crippen LogP contribution in [0.25, 0.3) is 0 Å². The molecular weight excluding hydrogens is 214 g/mol. The van der Waals surface area contributed by atoms with Gasteiger partial charge >= 0.3 is 5.38 Å². The van der Waals surface area contributed by atoms with E-state index in [9.17, 15) is 13.2 Å². The molecule has 1 rings (SSSR count). The Hall–Kier alpha value is -0.480. The normalized spacial score (nSPS) is 11.8. The maximum absolute atomic E-state index is 12.4. The van der Waals surface area contributed by atoms with Crippen molar-refractivity contribution in [2.75, 3.05) is 0 Å². The number of hydrogen-bond donors (Lipinski definition) is 0. The van der Waals surface area contributed by atoms with Gasteiger partial charge in [-0.2, -0.15) is 13.2 Å². The number of pyridine rings is 1. The van der Waals surface area contributed by atoms with Crippen LogP contribution in [0, 0.1) is 5.95 Å². The van der Waals surface area contributed by atoms with Gasteiger partial charge in [0.1, 0.15) is 5.15 Å². The van der Waals surface area contributed by atoms with Crippen LogP contribution in [0.3, 0.4) is 0 Å². The molecule has 0 saturated carbocycles. The van der Waals surface area contributed by atoms with Crippen molar-refractivity contribution < 1.29 is 13.2 Å². The molecule has 0 atom stereocenters. The van der Waals surface area contributed by atoms with Crippen molar-refractivity contribution in [1.82, 2.24) is 4.98 Å². The van der Waals surface area contributed by atoms with Crippen LogP contribution in [0.1, 0.15) is 5.56 Å². The smallest absolute Gasteiger partial charge is 0.208 e. The highest BCUT2D eigenvalue weighted by Gasteiger charge is 2.28. The van der Waals surface area contributed by atoms with Crippen molar-refractivity contribution in [2.24, 2.45) is 0 Å². The van der Waals surface area contributed by atoms with E-state index in [1.54, 1.807) is 0 Å². The van der Waals surface area contributed by atoms with Crippen molar-refractivity contribution in [3.05, 3.63) is 28.8 Å². The third-order valence-electron chi connectivity index (χ3n) is 1.09. The first-order valence-corrected chi connectivity index (χ1v) is 3.55. The number of alkyl halides is 3. The van der Waals surface area contributed by atoms with E-state index >= 15 is 0 Å². The summed E-state index contributed by atoms with van der Waals surface area (Å²) in [7, 11) is 0. The Balaban J connectivity index is 3.18. The second-order valence-corrected chi connectivity index (χ2v) is 2.86. The first-order valence-electron chi connectivity index (χ1n) is 2.80. The van der Waals surface area contributed by atoms with Gasteiger partial charge < -0.3 is 0 Å². The van der Waals surface area contributed by atoms with E-state index in [1.807, 2.05) is 0 Å². The lowest BCUT2D eigenvalue weighted by molar-refractivity contribution is 0.0945. The summed E-state index contributed by atoms with van der Waals surface area (Å²) in [5.74, 6) is -1.09. The summed E-state index contributed by atoms with van der Waals surface area (Å²) >= 11 is 9.83. The van der Waals surface area contributed by atoms with Crippen molar-refractivity contribution in [3.8, 4) is 0 Å². The van der Waals surface area contributed by atoms with Gasteiger partial charge in [0.2, 0.25) is 5.95 Å². The van der Waals surface area contributed by atoms with E-state index in [2.05, 4.69) is 16.6 Å². The fourth-order valence-electron chi connectivity index (χ4n) is 0.629. The van der Waals surface area contributed by atoms with E-state index in [4.69, 9.17) is 11.6 Å². The predicted octanol–water partition coefficient (Wildman–Crippen LogP) is 3.16. The molecule has 0 spiro atoms. The third-order valence-corrected chi connectivity index (χ3v) is 1.50. The topological polar surface area (TPSA) is 12.9 Å². The van der Waals surface area contributed by atoms with Gasteiger partial charge in [-0.05, 0) is 17.7 Å².